The van der Waals surface area contributed by atoms with Crippen LogP contribution in [0.3, 0.4) is 0 Å². The van der Waals surface area contributed by atoms with Crippen LogP contribution >= 0.6 is 0 Å². The molecule has 10 heteroatoms. The third-order valence-electron chi connectivity index (χ3n) is 2.46. The number of aryl methyl sites for hydroxylation is 1. The summed E-state index contributed by atoms with van der Waals surface area (Å²) in [5.41, 5.74) is 0.000957. The van der Waals surface area contributed by atoms with Gasteiger partial charge in [0, 0.05) is 26.2 Å². The molecule has 0 atom stereocenters. The zero-order valence-corrected chi connectivity index (χ0v) is 11.4. The first-order chi connectivity index (χ1) is 9.00. The summed E-state index contributed by atoms with van der Waals surface area (Å²) in [4.78, 5) is 11.4. The molecule has 0 unspecified atom stereocenters. The number of amides is 1. The molecule has 0 aromatic carbocycles. The van der Waals surface area contributed by atoms with E-state index in [9.17, 15) is 26.4 Å². The molecule has 0 aliphatic carbocycles. The van der Waals surface area contributed by atoms with Gasteiger partial charge in [-0.2, -0.15) is 13.2 Å². The first-order valence-electron chi connectivity index (χ1n) is 5.55. The Labute approximate surface area is 113 Å². The second kappa shape index (κ2) is 5.83. The van der Waals surface area contributed by atoms with Crippen LogP contribution in [-0.4, -0.2) is 31.6 Å². The molecule has 0 aliphatic heterocycles. The Hall–Kier alpha value is -1.55. The van der Waals surface area contributed by atoms with E-state index in [0.717, 1.165) is 12.3 Å². The lowest BCUT2D eigenvalue weighted by molar-refractivity contribution is -0.135. The average molecular weight is 313 g/mol. The minimum Gasteiger partial charge on any atom is -0.351 e. The van der Waals surface area contributed by atoms with E-state index in [1.54, 1.807) is 0 Å². The van der Waals surface area contributed by atoms with Gasteiger partial charge in [0.05, 0.1) is 0 Å². The molecule has 0 spiro atoms. The van der Waals surface area contributed by atoms with E-state index < -0.39 is 28.5 Å². The molecule has 0 fully saturated rings. The van der Waals surface area contributed by atoms with Crippen molar-refractivity contribution in [3.05, 3.63) is 18.0 Å². The van der Waals surface area contributed by atoms with E-state index in [2.05, 4.69) is 5.32 Å². The number of sulfonamides is 1. The van der Waals surface area contributed by atoms with E-state index in [0.29, 0.717) is 0 Å². The van der Waals surface area contributed by atoms with Crippen molar-refractivity contribution in [3.8, 4) is 0 Å². The topological polar surface area (TPSA) is 94.2 Å². The highest BCUT2D eigenvalue weighted by atomic mass is 32.2. The maximum Gasteiger partial charge on any atom is 0.389 e. The van der Waals surface area contributed by atoms with E-state index >= 15 is 0 Å². The van der Waals surface area contributed by atoms with Crippen molar-refractivity contribution < 1.29 is 26.4 Å². The number of primary sulfonamides is 1. The minimum absolute atomic E-state index is 0.000957. The predicted molar refractivity (Wildman–Crippen MR) is 64.4 cm³/mol. The second-order valence-electron chi connectivity index (χ2n) is 4.19. The second-order valence-corrected chi connectivity index (χ2v) is 5.75. The number of hydrogen-bond acceptors (Lipinski definition) is 3. The maximum atomic E-state index is 11.9. The number of carbonyl (C=O) groups is 1. The van der Waals surface area contributed by atoms with Gasteiger partial charge in [-0.05, 0) is 12.5 Å². The molecule has 1 rings (SSSR count). The number of nitrogens with two attached hydrogens (primary N) is 1. The van der Waals surface area contributed by atoms with Crippen LogP contribution in [0.1, 0.15) is 23.3 Å². The van der Waals surface area contributed by atoms with Crippen molar-refractivity contribution >= 4 is 15.9 Å². The van der Waals surface area contributed by atoms with Gasteiger partial charge in [-0.15, -0.1) is 0 Å². The zero-order chi connectivity index (χ0) is 15.6. The van der Waals surface area contributed by atoms with Crippen LogP contribution in [0.15, 0.2) is 17.2 Å². The Morgan fingerprint density at radius 3 is 2.50 bits per heavy atom. The monoisotopic (exact) mass is 313 g/mol. The molecule has 0 saturated heterocycles. The van der Waals surface area contributed by atoms with Crippen LogP contribution < -0.4 is 10.5 Å². The predicted octanol–water partition coefficient (Wildman–Crippen LogP) is 0.745. The number of aromatic nitrogens is 1. The highest BCUT2D eigenvalue weighted by Gasteiger charge is 2.26. The minimum atomic E-state index is -4.27. The lowest BCUT2D eigenvalue weighted by Crippen LogP contribution is -2.27. The average Bonchev–Trinajstić information content (AvgIpc) is 2.65. The Morgan fingerprint density at radius 1 is 1.45 bits per heavy atom. The summed E-state index contributed by atoms with van der Waals surface area (Å²) in [6.07, 6.45) is -4.36. The molecular weight excluding hydrogens is 299 g/mol. The van der Waals surface area contributed by atoms with Crippen molar-refractivity contribution in [3.63, 3.8) is 0 Å². The van der Waals surface area contributed by atoms with Gasteiger partial charge in [0.2, 0.25) is 10.0 Å². The molecule has 3 N–H and O–H groups in total. The molecule has 1 aromatic rings. The van der Waals surface area contributed by atoms with Gasteiger partial charge in [0.1, 0.15) is 10.6 Å². The molecule has 1 heterocycles. The Bertz CT molecular complexity index is 593. The molecule has 0 bridgehead atoms. The van der Waals surface area contributed by atoms with Gasteiger partial charge in [-0.25, -0.2) is 13.6 Å². The zero-order valence-electron chi connectivity index (χ0n) is 10.6. The Balaban J connectivity index is 2.63. The molecule has 0 aliphatic rings. The molecule has 1 amide bonds. The molecule has 114 valence electrons. The molecule has 1 aromatic heterocycles. The number of alkyl halides is 3. The highest BCUT2D eigenvalue weighted by molar-refractivity contribution is 7.89. The summed E-state index contributed by atoms with van der Waals surface area (Å²) in [6.45, 7) is -0.159. The fourth-order valence-electron chi connectivity index (χ4n) is 1.50. The standard InChI is InChI=1S/C10H14F3N3O3S/c1-16-6-7(20(14,18)19)5-8(16)9(17)15-4-2-3-10(11,12)13/h5-6H,2-4H2,1H3,(H,15,17)(H2,14,18,19). The first-order valence-corrected chi connectivity index (χ1v) is 7.09. The van der Waals surface area contributed by atoms with Crippen molar-refractivity contribution in [2.75, 3.05) is 6.54 Å². The van der Waals surface area contributed by atoms with Gasteiger partial charge >= 0.3 is 6.18 Å². The summed E-state index contributed by atoms with van der Waals surface area (Å²) < 4.78 is 59.1. The van der Waals surface area contributed by atoms with Crippen molar-refractivity contribution in [2.45, 2.75) is 23.9 Å². The maximum absolute atomic E-state index is 11.9. The van der Waals surface area contributed by atoms with Gasteiger partial charge in [0.15, 0.2) is 0 Å². The van der Waals surface area contributed by atoms with Crippen LogP contribution in [0.2, 0.25) is 0 Å². The molecular formula is C10H14F3N3O3S. The van der Waals surface area contributed by atoms with Crippen molar-refractivity contribution in [1.29, 1.82) is 0 Å². The first kappa shape index (κ1) is 16.5. The quantitative estimate of drug-likeness (QED) is 0.785. The SMILES string of the molecule is Cn1cc(S(N)(=O)=O)cc1C(=O)NCCCC(F)(F)F. The van der Waals surface area contributed by atoms with Crippen molar-refractivity contribution in [2.24, 2.45) is 12.2 Å². The van der Waals surface area contributed by atoms with Crippen LogP contribution in [0.4, 0.5) is 13.2 Å². The van der Waals surface area contributed by atoms with E-state index in [-0.39, 0.29) is 23.6 Å². The largest absolute Gasteiger partial charge is 0.389 e. The van der Waals surface area contributed by atoms with Crippen LogP contribution in [0.25, 0.3) is 0 Å². The fourth-order valence-corrected chi connectivity index (χ4v) is 2.08. The van der Waals surface area contributed by atoms with Gasteiger partial charge in [-0.3, -0.25) is 4.79 Å². The van der Waals surface area contributed by atoms with E-state index in [1.165, 1.54) is 11.6 Å². The normalized spacial score (nSPS) is 12.4. The molecule has 6 nitrogen and oxygen atoms in total. The molecule has 20 heavy (non-hydrogen) atoms. The summed E-state index contributed by atoms with van der Waals surface area (Å²) in [5.74, 6) is -0.662. The highest BCUT2D eigenvalue weighted by Crippen LogP contribution is 2.20. The molecule has 0 saturated carbocycles. The Kier molecular flexibility index (Phi) is 4.81. The number of hydrogen-bond donors (Lipinski definition) is 2. The van der Waals surface area contributed by atoms with E-state index in [1.807, 2.05) is 0 Å². The number of halogens is 3. The summed E-state index contributed by atoms with van der Waals surface area (Å²) in [5, 5.41) is 7.19. The lowest BCUT2D eigenvalue weighted by Gasteiger charge is -2.07. The third kappa shape index (κ3) is 4.85. The van der Waals surface area contributed by atoms with Gasteiger partial charge < -0.3 is 9.88 Å². The van der Waals surface area contributed by atoms with Crippen LogP contribution in [0, 0.1) is 0 Å². The summed E-state index contributed by atoms with van der Waals surface area (Å²) >= 11 is 0. The number of nitrogens with zero attached hydrogens (tertiary/aromatic N) is 1. The number of carbonyl (C=O) groups excluding carboxylic acids is 1. The van der Waals surface area contributed by atoms with Gasteiger partial charge in [-0.1, -0.05) is 0 Å². The molecule has 0 radical (unpaired) electrons. The third-order valence-corrected chi connectivity index (χ3v) is 3.34. The summed E-state index contributed by atoms with van der Waals surface area (Å²) in [6, 6.07) is 1.06. The lowest BCUT2D eigenvalue weighted by atomic mass is 10.3. The van der Waals surface area contributed by atoms with E-state index in [4.69, 9.17) is 5.14 Å². The number of rotatable bonds is 5. The number of nitrogens with one attached hydrogen (secondary N) is 1. The van der Waals surface area contributed by atoms with Crippen molar-refractivity contribution in [1.82, 2.24) is 9.88 Å². The van der Waals surface area contributed by atoms with Gasteiger partial charge in [0.25, 0.3) is 5.91 Å². The van der Waals surface area contributed by atoms with Crippen LogP contribution in [-0.2, 0) is 17.1 Å². The van der Waals surface area contributed by atoms with Crippen LogP contribution in [0.5, 0.6) is 0 Å². The summed E-state index contributed by atoms with van der Waals surface area (Å²) in [7, 11) is -2.50. The fraction of sp³-hybridized carbons (Fsp3) is 0.500. The smallest absolute Gasteiger partial charge is 0.351 e. The Morgan fingerprint density at radius 2 is 2.05 bits per heavy atom.